The normalized spacial score (nSPS) is 21.3. The molecule has 1 amide bonds. The summed E-state index contributed by atoms with van der Waals surface area (Å²) in [5.41, 5.74) is 8.44. The topological polar surface area (TPSA) is 95.0 Å². The highest BCUT2D eigenvalue weighted by Crippen LogP contribution is 2.23. The van der Waals surface area contributed by atoms with E-state index in [9.17, 15) is 9.59 Å². The van der Waals surface area contributed by atoms with Gasteiger partial charge in [0.25, 0.3) is 0 Å². The van der Waals surface area contributed by atoms with Crippen molar-refractivity contribution in [2.45, 2.75) is 45.1 Å². The van der Waals surface area contributed by atoms with Crippen LogP contribution in [0.25, 0.3) is 11.0 Å². The molecule has 1 aromatic carbocycles. The first-order chi connectivity index (χ1) is 11.6. The third-order valence-corrected chi connectivity index (χ3v) is 5.11. The molecule has 1 aliphatic heterocycles. The summed E-state index contributed by atoms with van der Waals surface area (Å²) in [6, 6.07) is 6.07. The number of nitrogens with two attached hydrogens (primary N) is 1. The number of fused-ring (bicyclic) bond motifs is 1. The lowest BCUT2D eigenvalue weighted by molar-refractivity contribution is -0.136. The number of aromatic nitrogens is 2. The van der Waals surface area contributed by atoms with E-state index in [1.807, 2.05) is 23.1 Å². The van der Waals surface area contributed by atoms with Crippen molar-refractivity contribution in [1.29, 1.82) is 0 Å². The van der Waals surface area contributed by atoms with E-state index in [1.54, 1.807) is 0 Å². The second-order valence-electron chi connectivity index (χ2n) is 6.82. The van der Waals surface area contributed by atoms with Crippen LogP contribution in [0.2, 0.25) is 0 Å². The Labute approximate surface area is 141 Å². The minimum atomic E-state index is -0.190. The fraction of sp³-hybridized carbons (Fsp3) is 0.556. The van der Waals surface area contributed by atoms with E-state index in [4.69, 9.17) is 5.73 Å². The number of aryl methyl sites for hydroxylation is 1. The smallest absolute Gasteiger partial charge is 0.323 e. The number of carbonyl (C=O) groups is 1. The summed E-state index contributed by atoms with van der Waals surface area (Å²) in [5, 5.41) is 0. The molecule has 2 heterocycles. The molecule has 2 atom stereocenters. The summed E-state index contributed by atoms with van der Waals surface area (Å²) in [5.74, 6) is 0.702. The number of likely N-dealkylation sites (tertiary alicyclic amines) is 1. The zero-order valence-corrected chi connectivity index (χ0v) is 14.2. The third kappa shape index (κ3) is 3.53. The average molecular weight is 330 g/mol. The molecule has 24 heavy (non-hydrogen) atoms. The largest absolute Gasteiger partial charge is 0.338 e. The molecule has 1 aromatic heterocycles. The summed E-state index contributed by atoms with van der Waals surface area (Å²) in [6.45, 7) is 3.57. The number of hydrogen-bond donors (Lipinski definition) is 3. The summed E-state index contributed by atoms with van der Waals surface area (Å²) < 4.78 is 0. The van der Waals surface area contributed by atoms with Gasteiger partial charge in [0.05, 0.1) is 11.0 Å². The van der Waals surface area contributed by atoms with Gasteiger partial charge in [-0.1, -0.05) is 13.0 Å². The first-order valence-electron chi connectivity index (χ1n) is 8.79. The Bertz CT molecular complexity index is 764. The van der Waals surface area contributed by atoms with Crippen LogP contribution in [0, 0.1) is 5.92 Å². The quantitative estimate of drug-likeness (QED) is 0.779. The van der Waals surface area contributed by atoms with E-state index in [1.165, 1.54) is 0 Å². The molecule has 1 fully saturated rings. The van der Waals surface area contributed by atoms with Crippen molar-refractivity contribution in [3.05, 3.63) is 34.2 Å². The molecule has 2 unspecified atom stereocenters. The number of rotatable bonds is 5. The van der Waals surface area contributed by atoms with E-state index in [0.29, 0.717) is 18.9 Å². The van der Waals surface area contributed by atoms with Crippen LogP contribution in [0.4, 0.5) is 0 Å². The second-order valence-corrected chi connectivity index (χ2v) is 6.82. The van der Waals surface area contributed by atoms with E-state index < -0.39 is 0 Å². The van der Waals surface area contributed by atoms with Crippen LogP contribution in [0.3, 0.4) is 0 Å². The Balaban J connectivity index is 1.56. The maximum atomic E-state index is 12.5. The lowest BCUT2D eigenvalue weighted by Crippen LogP contribution is -2.51. The van der Waals surface area contributed by atoms with Crippen molar-refractivity contribution < 1.29 is 4.79 Å². The van der Waals surface area contributed by atoms with Gasteiger partial charge >= 0.3 is 5.69 Å². The number of imidazole rings is 1. The highest BCUT2D eigenvalue weighted by atomic mass is 16.2. The van der Waals surface area contributed by atoms with Crippen molar-refractivity contribution in [3.8, 4) is 0 Å². The number of carbonyl (C=O) groups excluding carboxylic acids is 1. The Morgan fingerprint density at radius 1 is 1.33 bits per heavy atom. The zero-order valence-electron chi connectivity index (χ0n) is 14.2. The molecule has 1 saturated heterocycles. The summed E-state index contributed by atoms with van der Waals surface area (Å²) in [7, 11) is 0. The highest BCUT2D eigenvalue weighted by Gasteiger charge is 2.30. The average Bonchev–Trinajstić information content (AvgIpc) is 2.93. The molecule has 1 aliphatic rings. The van der Waals surface area contributed by atoms with Crippen LogP contribution in [0.5, 0.6) is 0 Å². The van der Waals surface area contributed by atoms with Gasteiger partial charge in [-0.3, -0.25) is 4.79 Å². The minimum absolute atomic E-state index is 0.188. The maximum absolute atomic E-state index is 12.5. The molecular weight excluding hydrogens is 304 g/mol. The van der Waals surface area contributed by atoms with E-state index in [2.05, 4.69) is 16.9 Å². The fourth-order valence-electron chi connectivity index (χ4n) is 3.74. The number of benzene rings is 1. The molecule has 0 aliphatic carbocycles. The van der Waals surface area contributed by atoms with Gasteiger partial charge in [0.2, 0.25) is 5.91 Å². The van der Waals surface area contributed by atoms with E-state index in [-0.39, 0.29) is 17.6 Å². The highest BCUT2D eigenvalue weighted by molar-refractivity contribution is 5.77. The molecule has 3 rings (SSSR count). The van der Waals surface area contributed by atoms with Gasteiger partial charge in [-0.2, -0.15) is 0 Å². The Morgan fingerprint density at radius 2 is 2.12 bits per heavy atom. The van der Waals surface area contributed by atoms with Crippen molar-refractivity contribution in [2.24, 2.45) is 11.7 Å². The first kappa shape index (κ1) is 16.8. The van der Waals surface area contributed by atoms with Crippen LogP contribution in [-0.4, -0.2) is 39.9 Å². The van der Waals surface area contributed by atoms with Gasteiger partial charge in [-0.25, -0.2) is 4.79 Å². The zero-order chi connectivity index (χ0) is 17.1. The molecule has 130 valence electrons. The third-order valence-electron chi connectivity index (χ3n) is 5.11. The molecule has 0 spiro atoms. The van der Waals surface area contributed by atoms with Gasteiger partial charge in [0, 0.05) is 25.6 Å². The van der Waals surface area contributed by atoms with Gasteiger partial charge in [-0.15, -0.1) is 0 Å². The Hall–Kier alpha value is -2.08. The monoisotopic (exact) mass is 330 g/mol. The number of nitrogens with zero attached hydrogens (tertiary/aromatic N) is 1. The lowest BCUT2D eigenvalue weighted by Gasteiger charge is -2.39. The molecule has 0 saturated carbocycles. The van der Waals surface area contributed by atoms with Crippen LogP contribution >= 0.6 is 0 Å². The number of hydrogen-bond acceptors (Lipinski definition) is 3. The fourth-order valence-corrected chi connectivity index (χ4v) is 3.74. The molecule has 6 heteroatoms. The molecular formula is C18H26N4O2. The lowest BCUT2D eigenvalue weighted by atomic mass is 9.90. The maximum Gasteiger partial charge on any atom is 0.323 e. The van der Waals surface area contributed by atoms with Gasteiger partial charge in [0.15, 0.2) is 0 Å². The van der Waals surface area contributed by atoms with Crippen LogP contribution < -0.4 is 11.4 Å². The van der Waals surface area contributed by atoms with Crippen molar-refractivity contribution in [1.82, 2.24) is 14.9 Å². The van der Waals surface area contributed by atoms with Crippen LogP contribution in [0.15, 0.2) is 23.0 Å². The van der Waals surface area contributed by atoms with E-state index in [0.717, 1.165) is 48.8 Å². The first-order valence-corrected chi connectivity index (χ1v) is 8.79. The molecule has 0 radical (unpaired) electrons. The van der Waals surface area contributed by atoms with E-state index >= 15 is 0 Å². The molecule has 2 aromatic rings. The predicted molar refractivity (Wildman–Crippen MR) is 94.8 cm³/mol. The van der Waals surface area contributed by atoms with Crippen molar-refractivity contribution in [2.75, 3.05) is 13.1 Å². The summed E-state index contributed by atoms with van der Waals surface area (Å²) in [4.78, 5) is 31.3. The van der Waals surface area contributed by atoms with Gasteiger partial charge < -0.3 is 20.6 Å². The van der Waals surface area contributed by atoms with Crippen LogP contribution in [-0.2, 0) is 11.2 Å². The number of amides is 1. The SMILES string of the molecule is CC1CCCN(C(=O)CCCc2ccc3[nH]c(=O)[nH]c3c2)C1CN. The molecule has 0 bridgehead atoms. The number of aromatic amines is 2. The summed E-state index contributed by atoms with van der Waals surface area (Å²) in [6.07, 6.45) is 4.40. The number of nitrogens with one attached hydrogen (secondary N) is 2. The van der Waals surface area contributed by atoms with Gasteiger partial charge in [-0.05, 0) is 49.3 Å². The molecule has 4 N–H and O–H groups in total. The number of H-pyrrole nitrogens is 2. The number of piperidine rings is 1. The Kier molecular flexibility index (Phi) is 5.04. The van der Waals surface area contributed by atoms with Crippen molar-refractivity contribution >= 4 is 16.9 Å². The predicted octanol–water partition coefficient (Wildman–Crippen LogP) is 1.76. The minimum Gasteiger partial charge on any atom is -0.338 e. The van der Waals surface area contributed by atoms with Gasteiger partial charge in [0.1, 0.15) is 0 Å². The molecule has 6 nitrogen and oxygen atoms in total. The summed E-state index contributed by atoms with van der Waals surface area (Å²) >= 11 is 0. The van der Waals surface area contributed by atoms with Crippen LogP contribution in [0.1, 0.15) is 38.2 Å². The van der Waals surface area contributed by atoms with Crippen molar-refractivity contribution in [3.63, 3.8) is 0 Å². The standard InChI is InChI=1S/C18H26N4O2/c1-12-4-3-9-22(16(12)11-19)17(23)6-2-5-13-7-8-14-15(10-13)21-18(24)20-14/h7-8,10,12,16H,2-6,9,11,19H2,1H3,(H2,20,21,24). The Morgan fingerprint density at radius 3 is 2.92 bits per heavy atom. The second kappa shape index (κ2) is 7.21.